The molecule has 15 heavy (non-hydrogen) atoms. The zero-order valence-corrected chi connectivity index (χ0v) is 8.80. The molecule has 5 nitrogen and oxygen atoms in total. The maximum atomic E-state index is 11.3. The summed E-state index contributed by atoms with van der Waals surface area (Å²) in [4.78, 5) is 12.8. The number of hydrogen-bond donors (Lipinski definition) is 3. The first-order chi connectivity index (χ1) is 7.16. The van der Waals surface area contributed by atoms with Crippen molar-refractivity contribution in [1.29, 1.82) is 0 Å². The standard InChI is InChI=1S/C10H19NO4/c12-6-4-2-1-3-5-11-7-8(13)9(14)10(11)15/h8-9,12-14H,1-7H2/t8-,9-/m0/s1. The third kappa shape index (κ3) is 3.44. The van der Waals surface area contributed by atoms with E-state index in [-0.39, 0.29) is 19.1 Å². The van der Waals surface area contributed by atoms with Gasteiger partial charge >= 0.3 is 0 Å². The second-order valence-corrected chi connectivity index (χ2v) is 3.93. The quantitative estimate of drug-likeness (QED) is 0.504. The van der Waals surface area contributed by atoms with Crippen molar-refractivity contribution in [1.82, 2.24) is 4.90 Å². The van der Waals surface area contributed by atoms with E-state index in [1.165, 1.54) is 4.90 Å². The van der Waals surface area contributed by atoms with Gasteiger partial charge in [0.05, 0.1) is 0 Å². The van der Waals surface area contributed by atoms with Crippen LogP contribution in [0.15, 0.2) is 0 Å². The molecule has 0 aromatic carbocycles. The van der Waals surface area contributed by atoms with Crippen molar-refractivity contribution < 1.29 is 20.1 Å². The van der Waals surface area contributed by atoms with Crippen LogP contribution >= 0.6 is 0 Å². The Kier molecular flexibility index (Phi) is 5.01. The van der Waals surface area contributed by atoms with Crippen molar-refractivity contribution in [2.75, 3.05) is 19.7 Å². The number of amides is 1. The molecule has 1 rings (SSSR count). The lowest BCUT2D eigenvalue weighted by Gasteiger charge is -2.14. The maximum absolute atomic E-state index is 11.3. The Labute approximate surface area is 89.3 Å². The number of β-amino-alcohol motifs (C(OH)–C–C–N with tert-alkyl or cyclic N) is 1. The molecule has 1 fully saturated rings. The molecule has 1 saturated heterocycles. The number of hydrogen-bond acceptors (Lipinski definition) is 4. The average molecular weight is 217 g/mol. The lowest BCUT2D eigenvalue weighted by molar-refractivity contribution is -0.135. The number of carbonyl (C=O) groups is 1. The molecule has 2 atom stereocenters. The Bertz CT molecular complexity index is 210. The van der Waals surface area contributed by atoms with E-state index in [4.69, 9.17) is 5.11 Å². The SMILES string of the molecule is O=C1[C@@H](O)[C@@H](O)CN1CCCCCCO. The van der Waals surface area contributed by atoms with Crippen molar-refractivity contribution in [3.05, 3.63) is 0 Å². The second kappa shape index (κ2) is 6.05. The van der Waals surface area contributed by atoms with Crippen LogP contribution in [0.4, 0.5) is 0 Å². The number of carbonyl (C=O) groups excluding carboxylic acids is 1. The second-order valence-electron chi connectivity index (χ2n) is 3.93. The summed E-state index contributed by atoms with van der Waals surface area (Å²) in [6, 6.07) is 0. The molecular weight excluding hydrogens is 198 g/mol. The van der Waals surface area contributed by atoms with Gasteiger partial charge in [-0.2, -0.15) is 0 Å². The Balaban J connectivity index is 2.14. The summed E-state index contributed by atoms with van der Waals surface area (Å²) in [5, 5.41) is 27.0. The van der Waals surface area contributed by atoms with Crippen molar-refractivity contribution >= 4 is 5.91 Å². The topological polar surface area (TPSA) is 81.0 Å². The molecule has 0 radical (unpaired) electrons. The summed E-state index contributed by atoms with van der Waals surface area (Å²) >= 11 is 0. The zero-order valence-electron chi connectivity index (χ0n) is 8.80. The first kappa shape index (κ1) is 12.4. The highest BCUT2D eigenvalue weighted by atomic mass is 16.3. The van der Waals surface area contributed by atoms with E-state index in [0.717, 1.165) is 25.7 Å². The van der Waals surface area contributed by atoms with Crippen molar-refractivity contribution in [2.24, 2.45) is 0 Å². The summed E-state index contributed by atoms with van der Waals surface area (Å²) in [6.07, 6.45) is 1.38. The molecule has 0 aliphatic carbocycles. The summed E-state index contributed by atoms with van der Waals surface area (Å²) in [7, 11) is 0. The molecule has 1 amide bonds. The monoisotopic (exact) mass is 217 g/mol. The van der Waals surface area contributed by atoms with Crippen LogP contribution in [-0.4, -0.2) is 58.0 Å². The van der Waals surface area contributed by atoms with Crippen LogP contribution in [0, 0.1) is 0 Å². The molecule has 1 heterocycles. The first-order valence-electron chi connectivity index (χ1n) is 5.42. The summed E-state index contributed by atoms with van der Waals surface area (Å²) in [5.41, 5.74) is 0. The van der Waals surface area contributed by atoms with Crippen LogP contribution in [0.5, 0.6) is 0 Å². The van der Waals surface area contributed by atoms with Gasteiger partial charge in [0.25, 0.3) is 5.91 Å². The molecule has 1 aliphatic rings. The fraction of sp³-hybridized carbons (Fsp3) is 0.900. The van der Waals surface area contributed by atoms with Crippen molar-refractivity contribution in [3.8, 4) is 0 Å². The van der Waals surface area contributed by atoms with Gasteiger partial charge in [-0.3, -0.25) is 4.79 Å². The normalized spacial score (nSPS) is 26.3. The number of rotatable bonds is 6. The van der Waals surface area contributed by atoms with Crippen molar-refractivity contribution in [3.63, 3.8) is 0 Å². The van der Waals surface area contributed by atoms with Gasteiger partial charge in [0.1, 0.15) is 6.10 Å². The van der Waals surface area contributed by atoms with Gasteiger partial charge in [0.2, 0.25) is 0 Å². The van der Waals surface area contributed by atoms with E-state index in [0.29, 0.717) is 6.54 Å². The van der Waals surface area contributed by atoms with E-state index in [1.807, 2.05) is 0 Å². The molecule has 0 saturated carbocycles. The molecule has 0 aromatic rings. The largest absolute Gasteiger partial charge is 0.396 e. The molecule has 3 N–H and O–H groups in total. The number of unbranched alkanes of at least 4 members (excludes halogenated alkanes) is 3. The highest BCUT2D eigenvalue weighted by Crippen LogP contribution is 2.13. The van der Waals surface area contributed by atoms with Gasteiger partial charge in [-0.25, -0.2) is 0 Å². The number of aliphatic hydroxyl groups excluding tert-OH is 3. The van der Waals surface area contributed by atoms with Gasteiger partial charge in [-0.05, 0) is 12.8 Å². The first-order valence-corrected chi connectivity index (χ1v) is 5.42. The lowest BCUT2D eigenvalue weighted by atomic mass is 10.2. The van der Waals surface area contributed by atoms with Gasteiger partial charge < -0.3 is 20.2 Å². The van der Waals surface area contributed by atoms with E-state index in [2.05, 4.69) is 0 Å². The maximum Gasteiger partial charge on any atom is 0.254 e. The highest BCUT2D eigenvalue weighted by molar-refractivity contribution is 5.83. The van der Waals surface area contributed by atoms with Crippen LogP contribution in [0.25, 0.3) is 0 Å². The van der Waals surface area contributed by atoms with Gasteiger partial charge in [0, 0.05) is 19.7 Å². The Morgan fingerprint density at radius 2 is 1.87 bits per heavy atom. The predicted molar refractivity (Wildman–Crippen MR) is 54.1 cm³/mol. The molecular formula is C10H19NO4. The van der Waals surface area contributed by atoms with Crippen LogP contribution in [-0.2, 0) is 4.79 Å². The fourth-order valence-electron chi connectivity index (χ4n) is 1.74. The van der Waals surface area contributed by atoms with Gasteiger partial charge in [-0.15, -0.1) is 0 Å². The zero-order chi connectivity index (χ0) is 11.3. The average Bonchev–Trinajstić information content (AvgIpc) is 2.46. The minimum Gasteiger partial charge on any atom is -0.396 e. The molecule has 0 aromatic heterocycles. The molecule has 0 bridgehead atoms. The number of likely N-dealkylation sites (tertiary alicyclic amines) is 1. The van der Waals surface area contributed by atoms with E-state index < -0.39 is 12.2 Å². The number of nitrogens with zero attached hydrogens (tertiary/aromatic N) is 1. The minimum atomic E-state index is -1.23. The highest BCUT2D eigenvalue weighted by Gasteiger charge is 2.37. The van der Waals surface area contributed by atoms with E-state index in [9.17, 15) is 15.0 Å². The van der Waals surface area contributed by atoms with Crippen LogP contribution in [0.3, 0.4) is 0 Å². The number of aliphatic hydroxyl groups is 3. The molecule has 0 unspecified atom stereocenters. The summed E-state index contributed by atoms with van der Waals surface area (Å²) < 4.78 is 0. The Morgan fingerprint density at radius 1 is 1.20 bits per heavy atom. The Hall–Kier alpha value is -0.650. The van der Waals surface area contributed by atoms with E-state index in [1.54, 1.807) is 0 Å². The fourth-order valence-corrected chi connectivity index (χ4v) is 1.74. The third-order valence-corrected chi connectivity index (χ3v) is 2.67. The van der Waals surface area contributed by atoms with Crippen molar-refractivity contribution in [2.45, 2.75) is 37.9 Å². The molecule has 88 valence electrons. The minimum absolute atomic E-state index is 0.208. The van der Waals surface area contributed by atoms with Gasteiger partial charge in [-0.1, -0.05) is 12.8 Å². The van der Waals surface area contributed by atoms with Crippen LogP contribution in [0.2, 0.25) is 0 Å². The molecule has 5 heteroatoms. The smallest absolute Gasteiger partial charge is 0.254 e. The lowest BCUT2D eigenvalue weighted by Crippen LogP contribution is -2.30. The molecule has 0 spiro atoms. The van der Waals surface area contributed by atoms with Crippen LogP contribution < -0.4 is 0 Å². The predicted octanol–water partition coefficient (Wildman–Crippen LogP) is -0.897. The molecule has 1 aliphatic heterocycles. The van der Waals surface area contributed by atoms with Crippen LogP contribution in [0.1, 0.15) is 25.7 Å². The summed E-state index contributed by atoms with van der Waals surface area (Å²) in [5.74, 6) is -0.371. The summed E-state index contributed by atoms with van der Waals surface area (Å²) in [6.45, 7) is 1.03. The van der Waals surface area contributed by atoms with E-state index >= 15 is 0 Å². The third-order valence-electron chi connectivity index (χ3n) is 2.67. The van der Waals surface area contributed by atoms with Gasteiger partial charge in [0.15, 0.2) is 6.10 Å². The Morgan fingerprint density at radius 3 is 2.40 bits per heavy atom.